The van der Waals surface area contributed by atoms with E-state index in [1.54, 1.807) is 25.1 Å². The van der Waals surface area contributed by atoms with Crippen molar-refractivity contribution in [3.63, 3.8) is 0 Å². The van der Waals surface area contributed by atoms with Crippen molar-refractivity contribution in [3.05, 3.63) is 45.4 Å². The Bertz CT molecular complexity index is 588. The van der Waals surface area contributed by atoms with Gasteiger partial charge in [0.15, 0.2) is 0 Å². The van der Waals surface area contributed by atoms with Crippen LogP contribution < -0.4 is 11.1 Å². The molecule has 5 heteroatoms. The maximum atomic E-state index is 13.3. The third-order valence-corrected chi connectivity index (χ3v) is 3.67. The number of hydrogen-bond donors (Lipinski definition) is 2. The summed E-state index contributed by atoms with van der Waals surface area (Å²) in [6.45, 7) is 3.52. The van der Waals surface area contributed by atoms with Gasteiger partial charge in [0.1, 0.15) is 5.82 Å². The van der Waals surface area contributed by atoms with Crippen molar-refractivity contribution in [3.8, 4) is 0 Å². The molecule has 0 radical (unpaired) electrons. The molecule has 94 valence electrons. The lowest BCUT2D eigenvalue weighted by atomic mass is 10.2. The molecule has 0 bridgehead atoms. The van der Waals surface area contributed by atoms with Gasteiger partial charge in [-0.05, 0) is 37.6 Å². The first kappa shape index (κ1) is 12.6. The summed E-state index contributed by atoms with van der Waals surface area (Å²) in [5.41, 5.74) is 7.27. The Hall–Kier alpha value is -1.88. The van der Waals surface area contributed by atoms with Gasteiger partial charge in [0, 0.05) is 16.3 Å². The highest BCUT2D eigenvalue weighted by atomic mass is 32.1. The van der Waals surface area contributed by atoms with Crippen LogP contribution in [0.4, 0.5) is 15.8 Å². The lowest BCUT2D eigenvalue weighted by Crippen LogP contribution is -2.10. The van der Waals surface area contributed by atoms with E-state index in [2.05, 4.69) is 5.32 Å². The first-order valence-corrected chi connectivity index (χ1v) is 6.22. The van der Waals surface area contributed by atoms with Crippen molar-refractivity contribution in [2.24, 2.45) is 0 Å². The van der Waals surface area contributed by atoms with Gasteiger partial charge in [-0.1, -0.05) is 6.07 Å². The number of hydrogen-bond acceptors (Lipinski definition) is 3. The van der Waals surface area contributed by atoms with Crippen LogP contribution >= 0.6 is 11.3 Å². The van der Waals surface area contributed by atoms with E-state index < -0.39 is 0 Å². The average molecular weight is 264 g/mol. The van der Waals surface area contributed by atoms with Gasteiger partial charge in [-0.2, -0.15) is 0 Å². The standard InChI is InChI=1S/C13H13FN2OS/c1-7-3-4-9(5-10(7)14)16-13(17)12-6-11(15)8(2)18-12/h3-6H,15H2,1-2H3,(H,16,17). The summed E-state index contributed by atoms with van der Waals surface area (Å²) in [5.74, 6) is -0.613. The summed E-state index contributed by atoms with van der Waals surface area (Å²) in [6.07, 6.45) is 0. The summed E-state index contributed by atoms with van der Waals surface area (Å²) in [5, 5.41) is 2.64. The molecule has 2 rings (SSSR count). The Morgan fingerprint density at radius 2 is 2.06 bits per heavy atom. The van der Waals surface area contributed by atoms with Crippen molar-refractivity contribution >= 4 is 28.6 Å². The number of anilines is 2. The molecule has 0 aliphatic rings. The molecule has 0 aliphatic carbocycles. The summed E-state index contributed by atoms with van der Waals surface area (Å²) in [7, 11) is 0. The van der Waals surface area contributed by atoms with E-state index in [1.165, 1.54) is 17.4 Å². The Morgan fingerprint density at radius 3 is 2.61 bits per heavy atom. The van der Waals surface area contributed by atoms with Crippen molar-refractivity contribution in [1.29, 1.82) is 0 Å². The lowest BCUT2D eigenvalue weighted by Gasteiger charge is -2.04. The van der Waals surface area contributed by atoms with Gasteiger partial charge < -0.3 is 11.1 Å². The van der Waals surface area contributed by atoms with Gasteiger partial charge in [0.2, 0.25) is 0 Å². The number of aryl methyl sites for hydroxylation is 2. The highest BCUT2D eigenvalue weighted by Crippen LogP contribution is 2.24. The van der Waals surface area contributed by atoms with Crippen molar-refractivity contribution < 1.29 is 9.18 Å². The molecule has 1 heterocycles. The molecule has 0 fully saturated rings. The van der Waals surface area contributed by atoms with Crippen LogP contribution in [0.1, 0.15) is 20.1 Å². The Kier molecular flexibility index (Phi) is 3.34. The number of carbonyl (C=O) groups excluding carboxylic acids is 1. The second-order valence-electron chi connectivity index (χ2n) is 4.04. The van der Waals surface area contributed by atoms with Crippen molar-refractivity contribution in [1.82, 2.24) is 0 Å². The van der Waals surface area contributed by atoms with Crippen LogP contribution in [0.25, 0.3) is 0 Å². The average Bonchev–Trinajstić information content (AvgIpc) is 2.65. The second-order valence-corrected chi connectivity index (χ2v) is 5.30. The zero-order valence-electron chi connectivity index (χ0n) is 10.1. The third-order valence-electron chi connectivity index (χ3n) is 2.61. The minimum absolute atomic E-state index is 0.275. The number of carbonyl (C=O) groups is 1. The van der Waals surface area contributed by atoms with Crippen molar-refractivity contribution in [2.75, 3.05) is 11.1 Å². The van der Waals surface area contributed by atoms with Crippen LogP contribution in [0.15, 0.2) is 24.3 Å². The molecule has 1 aromatic carbocycles. The van der Waals surface area contributed by atoms with Crippen molar-refractivity contribution in [2.45, 2.75) is 13.8 Å². The topological polar surface area (TPSA) is 55.1 Å². The Balaban J connectivity index is 2.18. The number of rotatable bonds is 2. The smallest absolute Gasteiger partial charge is 0.265 e. The molecule has 18 heavy (non-hydrogen) atoms. The molecular formula is C13H13FN2OS. The van der Waals surface area contributed by atoms with Crippen LogP contribution in [-0.4, -0.2) is 5.91 Å². The molecular weight excluding hydrogens is 251 g/mol. The highest BCUT2D eigenvalue weighted by molar-refractivity contribution is 7.14. The number of nitrogens with two attached hydrogens (primary N) is 1. The van der Waals surface area contributed by atoms with Gasteiger partial charge in [-0.3, -0.25) is 4.79 Å². The van der Waals surface area contributed by atoms with Crippen LogP contribution in [-0.2, 0) is 0 Å². The van der Waals surface area contributed by atoms with Crippen LogP contribution in [0.5, 0.6) is 0 Å². The SMILES string of the molecule is Cc1ccc(NC(=O)c2cc(N)c(C)s2)cc1F. The molecule has 0 saturated heterocycles. The van der Waals surface area contributed by atoms with Gasteiger partial charge in [-0.15, -0.1) is 11.3 Å². The molecule has 0 spiro atoms. The number of nitrogens with one attached hydrogen (secondary N) is 1. The molecule has 3 N–H and O–H groups in total. The minimum Gasteiger partial charge on any atom is -0.398 e. The van der Waals surface area contributed by atoms with Gasteiger partial charge >= 0.3 is 0 Å². The fraction of sp³-hybridized carbons (Fsp3) is 0.154. The molecule has 2 aromatic rings. The van der Waals surface area contributed by atoms with Crippen LogP contribution in [0.3, 0.4) is 0 Å². The zero-order valence-corrected chi connectivity index (χ0v) is 10.9. The number of halogens is 1. The number of nitrogen functional groups attached to an aromatic ring is 1. The van der Waals surface area contributed by atoms with Gasteiger partial charge in [0.25, 0.3) is 5.91 Å². The first-order valence-electron chi connectivity index (χ1n) is 5.41. The molecule has 0 unspecified atom stereocenters. The molecule has 0 atom stereocenters. The first-order chi connectivity index (χ1) is 8.47. The number of benzene rings is 1. The minimum atomic E-state index is -0.338. The predicted octanol–water partition coefficient (Wildman–Crippen LogP) is 3.34. The fourth-order valence-electron chi connectivity index (χ4n) is 1.47. The van der Waals surface area contributed by atoms with Crippen LogP contribution in [0, 0.1) is 19.7 Å². The van der Waals surface area contributed by atoms with Gasteiger partial charge in [-0.25, -0.2) is 4.39 Å². The molecule has 1 amide bonds. The fourth-order valence-corrected chi connectivity index (χ4v) is 2.31. The number of amides is 1. The lowest BCUT2D eigenvalue weighted by molar-refractivity contribution is 0.103. The van der Waals surface area contributed by atoms with E-state index in [4.69, 9.17) is 5.73 Å². The van der Waals surface area contributed by atoms with E-state index in [0.717, 1.165) is 4.88 Å². The summed E-state index contributed by atoms with van der Waals surface area (Å²) >= 11 is 1.32. The maximum absolute atomic E-state index is 13.3. The molecule has 3 nitrogen and oxygen atoms in total. The quantitative estimate of drug-likeness (QED) is 0.874. The summed E-state index contributed by atoms with van der Waals surface area (Å²) < 4.78 is 13.3. The predicted molar refractivity (Wildman–Crippen MR) is 72.6 cm³/mol. The van der Waals surface area contributed by atoms with E-state index >= 15 is 0 Å². The Morgan fingerprint density at radius 1 is 1.33 bits per heavy atom. The van der Waals surface area contributed by atoms with Crippen LogP contribution in [0.2, 0.25) is 0 Å². The Labute approximate surface area is 108 Å². The largest absolute Gasteiger partial charge is 0.398 e. The number of thiophene rings is 1. The third kappa shape index (κ3) is 2.51. The molecule has 1 aromatic heterocycles. The maximum Gasteiger partial charge on any atom is 0.265 e. The monoisotopic (exact) mass is 264 g/mol. The van der Waals surface area contributed by atoms with E-state index in [0.29, 0.717) is 21.8 Å². The van der Waals surface area contributed by atoms with Gasteiger partial charge in [0.05, 0.1) is 4.88 Å². The van der Waals surface area contributed by atoms with E-state index in [1.807, 2.05) is 6.92 Å². The normalized spacial score (nSPS) is 10.4. The molecule has 0 saturated carbocycles. The zero-order chi connectivity index (χ0) is 13.3. The summed E-state index contributed by atoms with van der Waals surface area (Å²) in [4.78, 5) is 13.3. The van der Waals surface area contributed by atoms with E-state index in [9.17, 15) is 9.18 Å². The molecule has 0 aliphatic heterocycles. The van der Waals surface area contributed by atoms with E-state index in [-0.39, 0.29) is 11.7 Å². The second kappa shape index (κ2) is 4.78. The highest BCUT2D eigenvalue weighted by Gasteiger charge is 2.11. The summed E-state index contributed by atoms with van der Waals surface area (Å²) in [6, 6.07) is 6.22.